The second-order valence-electron chi connectivity index (χ2n) is 8.35. The molecule has 0 aliphatic carbocycles. The van der Waals surface area contributed by atoms with E-state index in [0.29, 0.717) is 18.0 Å². The number of hydrogen-bond donors (Lipinski definition) is 1. The quantitative estimate of drug-likeness (QED) is 0.471. The molecule has 0 fully saturated rings. The van der Waals surface area contributed by atoms with Crippen LogP contribution in [0.2, 0.25) is 0 Å². The maximum absolute atomic E-state index is 13.6. The maximum Gasteiger partial charge on any atom is 0.273 e. The summed E-state index contributed by atoms with van der Waals surface area (Å²) in [7, 11) is 0. The Kier molecular flexibility index (Phi) is 4.64. The summed E-state index contributed by atoms with van der Waals surface area (Å²) in [5.74, 6) is 1.40. The molecule has 6 nitrogen and oxygen atoms in total. The van der Waals surface area contributed by atoms with Gasteiger partial charge in [-0.2, -0.15) is 5.10 Å². The topological polar surface area (TPSA) is 67.5 Å². The number of H-pyrrole nitrogens is 1. The van der Waals surface area contributed by atoms with Crippen molar-refractivity contribution in [3.8, 4) is 22.8 Å². The van der Waals surface area contributed by atoms with Crippen molar-refractivity contribution >= 4 is 5.91 Å². The van der Waals surface area contributed by atoms with Crippen LogP contribution in [0.3, 0.4) is 0 Å². The minimum Gasteiger partial charge on any atom is -0.454 e. The fourth-order valence-electron chi connectivity index (χ4n) is 4.69. The molecule has 2 aliphatic rings. The first-order valence-corrected chi connectivity index (χ1v) is 11.1. The Labute approximate surface area is 191 Å². The Hall–Kier alpha value is -4.06. The van der Waals surface area contributed by atoms with E-state index >= 15 is 0 Å². The lowest BCUT2D eigenvalue weighted by molar-refractivity contribution is 0.0730. The van der Waals surface area contributed by atoms with E-state index in [2.05, 4.69) is 41.4 Å². The van der Waals surface area contributed by atoms with Crippen LogP contribution in [0.25, 0.3) is 11.3 Å². The number of nitrogens with zero attached hydrogens (tertiary/aromatic N) is 2. The molecule has 1 unspecified atom stereocenters. The van der Waals surface area contributed by atoms with Crippen molar-refractivity contribution < 1.29 is 14.3 Å². The van der Waals surface area contributed by atoms with E-state index in [1.165, 1.54) is 5.56 Å². The van der Waals surface area contributed by atoms with Crippen molar-refractivity contribution in [2.45, 2.75) is 25.9 Å². The normalized spacial score (nSPS) is 16.3. The molecule has 3 heterocycles. The van der Waals surface area contributed by atoms with Gasteiger partial charge in [0, 0.05) is 17.7 Å². The van der Waals surface area contributed by atoms with Crippen LogP contribution in [0.1, 0.15) is 45.7 Å². The molecule has 164 valence electrons. The lowest BCUT2D eigenvalue weighted by atomic mass is 9.95. The summed E-state index contributed by atoms with van der Waals surface area (Å²) in [5, 5.41) is 7.58. The highest BCUT2D eigenvalue weighted by atomic mass is 16.7. The Morgan fingerprint density at radius 3 is 2.52 bits per heavy atom. The summed E-state index contributed by atoms with van der Waals surface area (Å²) >= 11 is 0. The summed E-state index contributed by atoms with van der Waals surface area (Å²) in [6, 6.07) is 24.1. The van der Waals surface area contributed by atoms with E-state index in [9.17, 15) is 4.79 Å². The number of benzene rings is 3. The minimum atomic E-state index is -0.238. The molecule has 0 saturated carbocycles. The SMILES string of the molecule is CCc1ccc(C2c3c(-c4ccccc4)n[nH]c3C(=O)N2Cc2ccc3c(c2)OCO3)cc1. The minimum absolute atomic E-state index is 0.0538. The summed E-state index contributed by atoms with van der Waals surface area (Å²) in [6.45, 7) is 2.82. The molecular formula is C27H23N3O3. The number of aryl methyl sites for hydroxylation is 1. The molecule has 2 aliphatic heterocycles. The summed E-state index contributed by atoms with van der Waals surface area (Å²) in [5.41, 5.74) is 6.61. The molecule has 4 aromatic rings. The fraction of sp³-hybridized carbons (Fsp3) is 0.185. The third kappa shape index (κ3) is 3.26. The molecule has 1 N–H and O–H groups in total. The Balaban J connectivity index is 1.45. The Morgan fingerprint density at radius 2 is 1.73 bits per heavy atom. The van der Waals surface area contributed by atoms with E-state index in [0.717, 1.165) is 40.1 Å². The summed E-state index contributed by atoms with van der Waals surface area (Å²) in [4.78, 5) is 15.5. The number of aromatic amines is 1. The average molecular weight is 437 g/mol. The number of aromatic nitrogens is 2. The van der Waals surface area contributed by atoms with Gasteiger partial charge in [-0.1, -0.05) is 67.6 Å². The smallest absolute Gasteiger partial charge is 0.273 e. The van der Waals surface area contributed by atoms with Gasteiger partial charge in [-0.25, -0.2) is 0 Å². The van der Waals surface area contributed by atoms with E-state index in [4.69, 9.17) is 9.47 Å². The first-order valence-electron chi connectivity index (χ1n) is 11.1. The highest BCUT2D eigenvalue weighted by Crippen LogP contribution is 2.44. The van der Waals surface area contributed by atoms with Crippen LogP contribution in [0.15, 0.2) is 72.8 Å². The molecule has 3 aromatic carbocycles. The lowest BCUT2D eigenvalue weighted by Gasteiger charge is -2.27. The highest BCUT2D eigenvalue weighted by Gasteiger charge is 2.42. The first-order chi connectivity index (χ1) is 16.2. The van der Waals surface area contributed by atoms with Gasteiger partial charge < -0.3 is 14.4 Å². The van der Waals surface area contributed by atoms with Crippen molar-refractivity contribution in [3.63, 3.8) is 0 Å². The molecule has 0 spiro atoms. The third-order valence-electron chi connectivity index (χ3n) is 6.40. The molecule has 0 radical (unpaired) electrons. The number of carbonyl (C=O) groups is 1. The van der Waals surface area contributed by atoms with Crippen LogP contribution in [-0.4, -0.2) is 27.8 Å². The zero-order valence-corrected chi connectivity index (χ0v) is 18.2. The molecule has 6 rings (SSSR count). The molecular weight excluding hydrogens is 414 g/mol. The predicted molar refractivity (Wildman–Crippen MR) is 124 cm³/mol. The summed E-state index contributed by atoms with van der Waals surface area (Å²) in [6.07, 6.45) is 0.969. The molecule has 1 amide bonds. The van der Waals surface area contributed by atoms with Crippen LogP contribution in [-0.2, 0) is 13.0 Å². The molecule has 33 heavy (non-hydrogen) atoms. The van der Waals surface area contributed by atoms with Gasteiger partial charge in [0.2, 0.25) is 6.79 Å². The maximum atomic E-state index is 13.6. The highest BCUT2D eigenvalue weighted by molar-refractivity contribution is 6.00. The van der Waals surface area contributed by atoms with Crippen LogP contribution in [0.5, 0.6) is 11.5 Å². The van der Waals surface area contributed by atoms with Crippen LogP contribution in [0.4, 0.5) is 0 Å². The van der Waals surface area contributed by atoms with Crippen molar-refractivity contribution in [1.82, 2.24) is 15.1 Å². The lowest BCUT2D eigenvalue weighted by Crippen LogP contribution is -2.29. The molecule has 0 bridgehead atoms. The van der Waals surface area contributed by atoms with Gasteiger partial charge in [0.05, 0.1) is 11.7 Å². The van der Waals surface area contributed by atoms with Crippen molar-refractivity contribution in [3.05, 3.63) is 101 Å². The molecule has 0 saturated heterocycles. The molecule has 6 heteroatoms. The van der Waals surface area contributed by atoms with Gasteiger partial charge in [0.25, 0.3) is 5.91 Å². The third-order valence-corrected chi connectivity index (χ3v) is 6.40. The molecule has 1 atom stereocenters. The number of ether oxygens (including phenoxy) is 2. The predicted octanol–water partition coefficient (Wildman–Crippen LogP) is 5.11. The van der Waals surface area contributed by atoms with E-state index in [-0.39, 0.29) is 18.7 Å². The average Bonchev–Trinajstić information content (AvgIpc) is 3.56. The van der Waals surface area contributed by atoms with Crippen LogP contribution in [0, 0.1) is 0 Å². The van der Waals surface area contributed by atoms with Gasteiger partial charge >= 0.3 is 0 Å². The van der Waals surface area contributed by atoms with Crippen LogP contribution >= 0.6 is 0 Å². The van der Waals surface area contributed by atoms with Crippen molar-refractivity contribution in [1.29, 1.82) is 0 Å². The van der Waals surface area contributed by atoms with Crippen molar-refractivity contribution in [2.75, 3.05) is 6.79 Å². The van der Waals surface area contributed by atoms with Gasteiger partial charge in [0.1, 0.15) is 5.69 Å². The number of nitrogens with one attached hydrogen (secondary N) is 1. The zero-order chi connectivity index (χ0) is 22.4. The fourth-order valence-corrected chi connectivity index (χ4v) is 4.69. The number of amides is 1. The van der Waals surface area contributed by atoms with E-state index in [1.54, 1.807) is 0 Å². The second kappa shape index (κ2) is 7.81. The largest absolute Gasteiger partial charge is 0.454 e. The van der Waals surface area contributed by atoms with Gasteiger partial charge in [0.15, 0.2) is 11.5 Å². The van der Waals surface area contributed by atoms with E-state index in [1.807, 2.05) is 53.4 Å². The number of fused-ring (bicyclic) bond motifs is 2. The Morgan fingerprint density at radius 1 is 0.970 bits per heavy atom. The van der Waals surface area contributed by atoms with Crippen LogP contribution < -0.4 is 9.47 Å². The monoisotopic (exact) mass is 437 g/mol. The second-order valence-corrected chi connectivity index (χ2v) is 8.35. The first kappa shape index (κ1) is 19.6. The Bertz CT molecular complexity index is 1330. The van der Waals surface area contributed by atoms with Gasteiger partial charge in [-0.15, -0.1) is 0 Å². The van der Waals surface area contributed by atoms with Crippen molar-refractivity contribution in [2.24, 2.45) is 0 Å². The van der Waals surface area contributed by atoms with E-state index < -0.39 is 0 Å². The molecule has 1 aromatic heterocycles. The standard InChI is InChI=1S/C27H23N3O3/c1-2-17-8-11-20(12-9-17)26-23-24(19-6-4-3-5-7-19)28-29-25(23)27(31)30(26)15-18-10-13-21-22(14-18)33-16-32-21/h3-14,26H,2,15-16H2,1H3,(H,28,29). The number of rotatable bonds is 5. The number of carbonyl (C=O) groups excluding carboxylic acids is 1. The number of hydrogen-bond acceptors (Lipinski definition) is 4. The zero-order valence-electron chi connectivity index (χ0n) is 18.2. The summed E-state index contributed by atoms with van der Waals surface area (Å²) < 4.78 is 11.0. The van der Waals surface area contributed by atoms with Gasteiger partial charge in [-0.3, -0.25) is 9.89 Å². The van der Waals surface area contributed by atoms with Gasteiger partial charge in [-0.05, 0) is 35.2 Å².